The fraction of sp³-hybridized carbons (Fsp3) is 0.697. The molecular weight excluding hydrogens is 452 g/mol. The summed E-state index contributed by atoms with van der Waals surface area (Å²) in [5.41, 5.74) is 12.2. The Morgan fingerprint density at radius 2 is 1.24 bits per heavy atom. The van der Waals surface area contributed by atoms with Crippen LogP contribution in [0.3, 0.4) is 0 Å². The summed E-state index contributed by atoms with van der Waals surface area (Å²) in [7, 11) is 0. The molecule has 4 heteroatoms. The lowest BCUT2D eigenvalue weighted by molar-refractivity contribution is 0.236. The molecule has 1 aliphatic heterocycles. The third kappa shape index (κ3) is 6.38. The SMILES string of the molecule is CC1C(C(C)(C)C)=CC(C(C)(C)C)=CC1C1=NC(N)N=C(C2=CC(C(C)(C)C)=CC(C(C)(C)C)C2C)N1. The van der Waals surface area contributed by atoms with E-state index in [0.29, 0.717) is 17.8 Å². The molecule has 5 unspecified atom stereocenters. The zero-order chi connectivity index (χ0) is 28.3. The highest BCUT2D eigenvalue weighted by atomic mass is 15.2. The Labute approximate surface area is 227 Å². The number of hydrogen-bond donors (Lipinski definition) is 2. The zero-order valence-electron chi connectivity index (χ0n) is 26.2. The van der Waals surface area contributed by atoms with Gasteiger partial charge in [-0.05, 0) is 56.1 Å². The van der Waals surface area contributed by atoms with Gasteiger partial charge in [-0.15, -0.1) is 0 Å². The number of hydrogen-bond acceptors (Lipinski definition) is 4. The van der Waals surface area contributed by atoms with Crippen LogP contribution in [-0.2, 0) is 0 Å². The van der Waals surface area contributed by atoms with Crippen molar-refractivity contribution in [2.75, 3.05) is 0 Å². The van der Waals surface area contributed by atoms with Crippen LogP contribution in [0, 0.1) is 45.3 Å². The number of rotatable bonds is 2. The van der Waals surface area contributed by atoms with Crippen LogP contribution < -0.4 is 11.1 Å². The van der Waals surface area contributed by atoms with Crippen molar-refractivity contribution in [3.05, 3.63) is 46.6 Å². The Morgan fingerprint density at radius 3 is 1.73 bits per heavy atom. The Kier molecular flexibility index (Phi) is 7.74. The molecule has 0 bridgehead atoms. The molecule has 206 valence electrons. The number of aliphatic imine (C=N–C) groups is 2. The van der Waals surface area contributed by atoms with E-state index in [4.69, 9.17) is 15.7 Å². The highest BCUT2D eigenvalue weighted by Gasteiger charge is 2.40. The van der Waals surface area contributed by atoms with Gasteiger partial charge in [0.25, 0.3) is 0 Å². The van der Waals surface area contributed by atoms with Crippen LogP contribution >= 0.6 is 0 Å². The van der Waals surface area contributed by atoms with Gasteiger partial charge in [0.05, 0.1) is 0 Å². The number of nitrogens with zero attached hydrogens (tertiary/aromatic N) is 2. The molecule has 3 N–H and O–H groups in total. The number of amidine groups is 2. The second-order valence-corrected chi connectivity index (χ2v) is 15.7. The van der Waals surface area contributed by atoms with E-state index in [1.165, 1.54) is 22.3 Å². The summed E-state index contributed by atoms with van der Waals surface area (Å²) in [6.45, 7) is 32.4. The predicted molar refractivity (Wildman–Crippen MR) is 161 cm³/mol. The standard InChI is InChI=1S/C33H54N4/c1-19-23(15-21(30(3,4)5)17-25(19)32(9,10)11)27-35-28(37-29(34)36-27)24-16-22(31(6,7)8)18-26(20(24)2)33(12,13)14/h15-20,23,26,29H,34H2,1-14H3,(H,35,36,37). The zero-order valence-corrected chi connectivity index (χ0v) is 26.2. The molecule has 3 aliphatic rings. The first-order valence-electron chi connectivity index (χ1n) is 14.2. The Balaban J connectivity index is 2.06. The molecule has 0 saturated heterocycles. The van der Waals surface area contributed by atoms with E-state index in [0.717, 1.165) is 11.7 Å². The molecule has 0 aromatic carbocycles. The fourth-order valence-corrected chi connectivity index (χ4v) is 5.99. The molecule has 0 radical (unpaired) electrons. The first-order valence-corrected chi connectivity index (χ1v) is 14.2. The minimum atomic E-state index is -0.598. The molecule has 3 rings (SSSR count). The van der Waals surface area contributed by atoms with Crippen molar-refractivity contribution in [2.45, 2.75) is 103 Å². The predicted octanol–water partition coefficient (Wildman–Crippen LogP) is 8.05. The van der Waals surface area contributed by atoms with E-state index in [9.17, 15) is 0 Å². The van der Waals surface area contributed by atoms with Crippen LogP contribution in [0.4, 0.5) is 0 Å². The number of nitrogens with two attached hydrogens (primary N) is 1. The van der Waals surface area contributed by atoms with Crippen molar-refractivity contribution < 1.29 is 0 Å². The van der Waals surface area contributed by atoms with Crippen molar-refractivity contribution in [2.24, 2.45) is 61.1 Å². The van der Waals surface area contributed by atoms with E-state index in [-0.39, 0.29) is 27.6 Å². The molecule has 0 spiro atoms. The summed E-state index contributed by atoms with van der Waals surface area (Å²) < 4.78 is 0. The summed E-state index contributed by atoms with van der Waals surface area (Å²) in [4.78, 5) is 9.74. The van der Waals surface area contributed by atoms with Gasteiger partial charge in [0.15, 0.2) is 6.29 Å². The van der Waals surface area contributed by atoms with Crippen LogP contribution in [0.1, 0.15) is 96.9 Å². The Hall–Kier alpha value is -1.94. The van der Waals surface area contributed by atoms with Gasteiger partial charge in [-0.1, -0.05) is 127 Å². The van der Waals surface area contributed by atoms with Gasteiger partial charge < -0.3 is 5.32 Å². The van der Waals surface area contributed by atoms with Gasteiger partial charge in [-0.2, -0.15) is 0 Å². The average Bonchev–Trinajstić information content (AvgIpc) is 2.70. The van der Waals surface area contributed by atoms with Crippen LogP contribution in [-0.4, -0.2) is 18.0 Å². The quantitative estimate of drug-likeness (QED) is 0.398. The van der Waals surface area contributed by atoms with Gasteiger partial charge in [0.2, 0.25) is 0 Å². The van der Waals surface area contributed by atoms with Crippen molar-refractivity contribution in [3.63, 3.8) is 0 Å². The summed E-state index contributed by atoms with van der Waals surface area (Å²) in [6.07, 6.45) is 9.10. The maximum Gasteiger partial charge on any atom is 0.195 e. The second kappa shape index (κ2) is 9.67. The fourth-order valence-electron chi connectivity index (χ4n) is 5.99. The van der Waals surface area contributed by atoms with Crippen molar-refractivity contribution >= 4 is 11.7 Å². The van der Waals surface area contributed by atoms with E-state index in [2.05, 4.69) is 127 Å². The molecule has 1 heterocycles. The van der Waals surface area contributed by atoms with Gasteiger partial charge in [-0.25, -0.2) is 9.98 Å². The van der Waals surface area contributed by atoms with Crippen molar-refractivity contribution in [1.82, 2.24) is 5.32 Å². The maximum absolute atomic E-state index is 6.51. The molecule has 4 nitrogen and oxygen atoms in total. The summed E-state index contributed by atoms with van der Waals surface area (Å²) >= 11 is 0. The highest BCUT2D eigenvalue weighted by molar-refractivity contribution is 6.12. The molecule has 0 fully saturated rings. The number of allylic oxidation sites excluding steroid dienone is 6. The van der Waals surface area contributed by atoms with Crippen LogP contribution in [0.2, 0.25) is 0 Å². The second-order valence-electron chi connectivity index (χ2n) is 15.7. The van der Waals surface area contributed by atoms with Crippen LogP contribution in [0.25, 0.3) is 0 Å². The van der Waals surface area contributed by atoms with Gasteiger partial charge in [0.1, 0.15) is 11.7 Å². The normalized spacial score (nSPS) is 29.9. The molecule has 0 aromatic rings. The lowest BCUT2D eigenvalue weighted by Gasteiger charge is -2.42. The average molecular weight is 507 g/mol. The largest absolute Gasteiger partial charge is 0.328 e. The minimum absolute atomic E-state index is 0.0515. The van der Waals surface area contributed by atoms with E-state index in [1.54, 1.807) is 0 Å². The summed E-state index contributed by atoms with van der Waals surface area (Å²) in [5, 5.41) is 3.72. The molecule has 2 aliphatic carbocycles. The maximum atomic E-state index is 6.51. The smallest absolute Gasteiger partial charge is 0.195 e. The van der Waals surface area contributed by atoms with E-state index in [1.807, 2.05) is 0 Å². The third-order valence-corrected chi connectivity index (χ3v) is 8.37. The summed E-state index contributed by atoms with van der Waals surface area (Å²) in [6, 6.07) is 0. The first-order chi connectivity index (χ1) is 16.6. The lowest BCUT2D eigenvalue weighted by Crippen LogP contribution is -2.47. The molecule has 0 saturated carbocycles. The van der Waals surface area contributed by atoms with Crippen LogP contribution in [0.5, 0.6) is 0 Å². The third-order valence-electron chi connectivity index (χ3n) is 8.37. The monoisotopic (exact) mass is 506 g/mol. The van der Waals surface area contributed by atoms with Crippen molar-refractivity contribution in [1.29, 1.82) is 0 Å². The lowest BCUT2D eigenvalue weighted by atomic mass is 9.65. The summed E-state index contributed by atoms with van der Waals surface area (Å²) in [5.74, 6) is 2.99. The van der Waals surface area contributed by atoms with Crippen molar-refractivity contribution in [3.8, 4) is 0 Å². The Bertz CT molecular complexity index is 1080. The first kappa shape index (κ1) is 29.6. The highest BCUT2D eigenvalue weighted by Crippen LogP contribution is 2.46. The minimum Gasteiger partial charge on any atom is -0.328 e. The van der Waals surface area contributed by atoms with E-state index < -0.39 is 6.29 Å². The van der Waals surface area contributed by atoms with Crippen LogP contribution in [0.15, 0.2) is 56.6 Å². The molecule has 5 atom stereocenters. The Morgan fingerprint density at radius 1 is 0.703 bits per heavy atom. The van der Waals surface area contributed by atoms with Gasteiger partial charge >= 0.3 is 0 Å². The molecule has 37 heavy (non-hydrogen) atoms. The molecule has 0 amide bonds. The topological polar surface area (TPSA) is 62.8 Å². The van der Waals surface area contributed by atoms with E-state index >= 15 is 0 Å². The number of nitrogens with one attached hydrogen (secondary N) is 1. The molecular formula is C33H54N4. The van der Waals surface area contributed by atoms with Gasteiger partial charge in [0, 0.05) is 5.92 Å². The molecule has 0 aromatic heterocycles. The van der Waals surface area contributed by atoms with Gasteiger partial charge in [-0.3, -0.25) is 5.73 Å².